The number of halogens is 1. The maximum Gasteiger partial charge on any atom is 0.243 e. The second-order valence-electron chi connectivity index (χ2n) is 9.26. The number of carbonyl (C=O) groups is 2. The zero-order chi connectivity index (χ0) is 28.3. The Morgan fingerprint density at radius 3 is 2.23 bits per heavy atom. The molecule has 0 aliphatic heterocycles. The van der Waals surface area contributed by atoms with Crippen molar-refractivity contribution in [3.05, 3.63) is 125 Å². The summed E-state index contributed by atoms with van der Waals surface area (Å²) in [7, 11) is 3.12. The van der Waals surface area contributed by atoms with E-state index in [2.05, 4.69) is 10.3 Å². The largest absolute Gasteiger partial charge is 0.493 e. The normalized spacial score (nSPS) is 11.4. The first-order valence-corrected chi connectivity index (χ1v) is 13.3. The maximum absolute atomic E-state index is 14.0. The van der Waals surface area contributed by atoms with Crippen LogP contribution in [0.15, 0.2) is 97.2 Å². The molecule has 0 aliphatic rings. The summed E-state index contributed by atoms with van der Waals surface area (Å²) in [6.07, 6.45) is 2.11. The van der Waals surface area contributed by atoms with E-state index in [1.165, 1.54) is 0 Å². The van der Waals surface area contributed by atoms with E-state index in [0.717, 1.165) is 22.4 Å². The van der Waals surface area contributed by atoms with Gasteiger partial charge in [-0.05, 0) is 53.1 Å². The van der Waals surface area contributed by atoms with Crippen molar-refractivity contribution in [3.8, 4) is 11.5 Å². The average molecular weight is 558 g/mol. The monoisotopic (exact) mass is 557 g/mol. The number of hydrogen-bond acceptors (Lipinski definition) is 5. The lowest BCUT2D eigenvalue weighted by Gasteiger charge is -2.32. The summed E-state index contributed by atoms with van der Waals surface area (Å²) in [6, 6.07) is 27.1. The van der Waals surface area contributed by atoms with E-state index < -0.39 is 6.04 Å². The number of hydrogen-bond donors (Lipinski definition) is 1. The Morgan fingerprint density at radius 2 is 1.55 bits per heavy atom. The quantitative estimate of drug-likeness (QED) is 0.257. The van der Waals surface area contributed by atoms with Crippen molar-refractivity contribution in [3.63, 3.8) is 0 Å². The van der Waals surface area contributed by atoms with Crippen molar-refractivity contribution < 1.29 is 19.1 Å². The van der Waals surface area contributed by atoms with Crippen LogP contribution in [0.4, 0.5) is 0 Å². The van der Waals surface area contributed by atoms with Gasteiger partial charge >= 0.3 is 0 Å². The van der Waals surface area contributed by atoms with E-state index in [1.54, 1.807) is 49.6 Å². The second kappa shape index (κ2) is 14.1. The van der Waals surface area contributed by atoms with Crippen molar-refractivity contribution in [2.45, 2.75) is 32.0 Å². The Kier molecular flexibility index (Phi) is 10.1. The highest BCUT2D eigenvalue weighted by atomic mass is 35.5. The van der Waals surface area contributed by atoms with Gasteiger partial charge in [0, 0.05) is 24.2 Å². The number of nitrogens with zero attached hydrogens (tertiary/aromatic N) is 2. The van der Waals surface area contributed by atoms with Gasteiger partial charge in [0.1, 0.15) is 6.04 Å². The molecule has 4 aromatic rings. The molecule has 0 spiro atoms. The summed E-state index contributed by atoms with van der Waals surface area (Å²) in [5.41, 5.74) is 3.28. The smallest absolute Gasteiger partial charge is 0.243 e. The van der Waals surface area contributed by atoms with Gasteiger partial charge < -0.3 is 19.7 Å². The summed E-state index contributed by atoms with van der Waals surface area (Å²) < 4.78 is 10.8. The molecule has 40 heavy (non-hydrogen) atoms. The van der Waals surface area contributed by atoms with Crippen LogP contribution in [-0.2, 0) is 35.5 Å². The first-order valence-electron chi connectivity index (χ1n) is 12.9. The maximum atomic E-state index is 14.0. The topological polar surface area (TPSA) is 80.8 Å². The Morgan fingerprint density at radius 1 is 0.850 bits per heavy atom. The summed E-state index contributed by atoms with van der Waals surface area (Å²) in [5.74, 6) is 0.652. The third-order valence-electron chi connectivity index (χ3n) is 6.51. The number of nitrogens with one attached hydrogen (secondary N) is 1. The van der Waals surface area contributed by atoms with E-state index >= 15 is 0 Å². The fourth-order valence-electron chi connectivity index (χ4n) is 4.41. The number of ether oxygens (including phenoxy) is 2. The molecule has 3 aromatic carbocycles. The summed E-state index contributed by atoms with van der Waals surface area (Å²) in [6.45, 7) is 0.488. The number of benzene rings is 3. The number of aromatic nitrogens is 1. The summed E-state index contributed by atoms with van der Waals surface area (Å²) in [5, 5.41) is 3.59. The number of pyridine rings is 1. The van der Waals surface area contributed by atoms with Crippen LogP contribution in [0.5, 0.6) is 11.5 Å². The number of carbonyl (C=O) groups excluding carboxylic acids is 2. The minimum absolute atomic E-state index is 0.0761. The molecule has 1 atom stereocenters. The molecule has 1 N–H and O–H groups in total. The zero-order valence-corrected chi connectivity index (χ0v) is 23.3. The molecule has 0 unspecified atom stereocenters. The van der Waals surface area contributed by atoms with Crippen LogP contribution < -0.4 is 14.8 Å². The Balaban J connectivity index is 1.66. The first-order chi connectivity index (χ1) is 19.5. The van der Waals surface area contributed by atoms with Crippen LogP contribution >= 0.6 is 11.6 Å². The van der Waals surface area contributed by atoms with Crippen molar-refractivity contribution >= 4 is 23.4 Å². The SMILES string of the molecule is COc1ccc(CC(=O)N(Cc2ccc(Cl)cc2)[C@@H](Cc2ccccc2)C(=O)NCc2ccccn2)cc1OC. The summed E-state index contributed by atoms with van der Waals surface area (Å²) in [4.78, 5) is 33.7. The van der Waals surface area contributed by atoms with Crippen molar-refractivity contribution in [2.24, 2.45) is 0 Å². The van der Waals surface area contributed by atoms with Crippen molar-refractivity contribution in [1.29, 1.82) is 0 Å². The Bertz CT molecular complexity index is 1400. The third kappa shape index (κ3) is 7.83. The van der Waals surface area contributed by atoms with E-state index in [0.29, 0.717) is 22.9 Å². The minimum Gasteiger partial charge on any atom is -0.493 e. The zero-order valence-electron chi connectivity index (χ0n) is 22.5. The molecule has 8 heteroatoms. The van der Waals surface area contributed by atoms with Gasteiger partial charge in [0.2, 0.25) is 11.8 Å². The van der Waals surface area contributed by atoms with Gasteiger partial charge in [0.05, 0.1) is 32.9 Å². The predicted molar refractivity (Wildman–Crippen MR) is 155 cm³/mol. The van der Waals surface area contributed by atoms with Crippen LogP contribution in [0.2, 0.25) is 5.02 Å². The van der Waals surface area contributed by atoms with Crippen LogP contribution in [0.1, 0.15) is 22.4 Å². The lowest BCUT2D eigenvalue weighted by atomic mass is 10.0. The molecule has 0 fully saturated rings. The Hall–Kier alpha value is -4.36. The van der Waals surface area contributed by atoms with Gasteiger partial charge in [-0.2, -0.15) is 0 Å². The van der Waals surface area contributed by atoms with Crippen molar-refractivity contribution in [2.75, 3.05) is 14.2 Å². The molecule has 0 aliphatic carbocycles. The van der Waals surface area contributed by atoms with Gasteiger partial charge in [-0.1, -0.05) is 66.2 Å². The number of amides is 2. The predicted octanol–water partition coefficient (Wildman–Crippen LogP) is 5.25. The van der Waals surface area contributed by atoms with E-state index in [1.807, 2.05) is 66.7 Å². The molecular weight excluding hydrogens is 526 g/mol. The van der Waals surface area contributed by atoms with E-state index in [-0.39, 0.29) is 31.3 Å². The molecule has 2 amide bonds. The van der Waals surface area contributed by atoms with Crippen molar-refractivity contribution in [1.82, 2.24) is 15.2 Å². The fraction of sp³-hybridized carbons (Fsp3) is 0.219. The standard InChI is InChI=1S/C32H32ClN3O4/c1-39-29-16-13-25(19-30(29)40-2)20-31(37)36(22-24-11-14-26(33)15-12-24)28(18-23-8-4-3-5-9-23)32(38)35-21-27-10-6-7-17-34-27/h3-17,19,28H,18,20-22H2,1-2H3,(H,35,38)/t28-/m0/s1. The molecule has 1 aromatic heterocycles. The molecule has 0 saturated heterocycles. The van der Waals surface area contributed by atoms with Gasteiger partial charge in [-0.15, -0.1) is 0 Å². The fourth-order valence-corrected chi connectivity index (χ4v) is 4.53. The van der Waals surface area contributed by atoms with Gasteiger partial charge in [0.15, 0.2) is 11.5 Å². The third-order valence-corrected chi connectivity index (χ3v) is 6.76. The molecule has 4 rings (SSSR count). The van der Waals surface area contributed by atoms with Crippen LogP contribution in [0, 0.1) is 0 Å². The highest BCUT2D eigenvalue weighted by Crippen LogP contribution is 2.28. The minimum atomic E-state index is -0.769. The van der Waals surface area contributed by atoms with Gasteiger partial charge in [-0.25, -0.2) is 0 Å². The molecule has 206 valence electrons. The van der Waals surface area contributed by atoms with E-state index in [4.69, 9.17) is 21.1 Å². The van der Waals surface area contributed by atoms with Gasteiger partial charge in [-0.3, -0.25) is 14.6 Å². The summed E-state index contributed by atoms with van der Waals surface area (Å²) >= 11 is 6.12. The molecule has 0 saturated carbocycles. The molecule has 1 heterocycles. The highest BCUT2D eigenvalue weighted by Gasteiger charge is 2.30. The van der Waals surface area contributed by atoms with E-state index in [9.17, 15) is 9.59 Å². The lowest BCUT2D eigenvalue weighted by Crippen LogP contribution is -2.50. The second-order valence-corrected chi connectivity index (χ2v) is 9.70. The molecule has 7 nitrogen and oxygen atoms in total. The van der Waals surface area contributed by atoms with Crippen LogP contribution in [0.25, 0.3) is 0 Å². The Labute approximate surface area is 239 Å². The molecule has 0 radical (unpaired) electrons. The average Bonchev–Trinajstić information content (AvgIpc) is 2.99. The highest BCUT2D eigenvalue weighted by molar-refractivity contribution is 6.30. The first kappa shape index (κ1) is 28.6. The number of rotatable bonds is 12. The van der Waals surface area contributed by atoms with Crippen LogP contribution in [0.3, 0.4) is 0 Å². The van der Waals surface area contributed by atoms with Gasteiger partial charge in [0.25, 0.3) is 0 Å². The molecule has 0 bridgehead atoms. The number of methoxy groups -OCH3 is 2. The molecular formula is C32H32ClN3O4. The van der Waals surface area contributed by atoms with Crippen LogP contribution in [-0.4, -0.2) is 42.0 Å². The lowest BCUT2D eigenvalue weighted by molar-refractivity contribution is -0.140.